The van der Waals surface area contributed by atoms with E-state index in [2.05, 4.69) is 11.4 Å². The van der Waals surface area contributed by atoms with Gasteiger partial charge in [0.2, 0.25) is 0 Å². The Morgan fingerprint density at radius 1 is 1.09 bits per heavy atom. The molecule has 0 radical (unpaired) electrons. The van der Waals surface area contributed by atoms with E-state index in [0.29, 0.717) is 28.9 Å². The van der Waals surface area contributed by atoms with Crippen molar-refractivity contribution in [3.8, 4) is 6.07 Å². The summed E-state index contributed by atoms with van der Waals surface area (Å²) in [6.45, 7) is 2.24. The van der Waals surface area contributed by atoms with Crippen LogP contribution in [-0.2, 0) is 23.1 Å². The van der Waals surface area contributed by atoms with Gasteiger partial charge in [0.15, 0.2) is 0 Å². The second kappa shape index (κ2) is 10.5. The highest BCUT2D eigenvalue weighted by Crippen LogP contribution is 2.25. The Morgan fingerprint density at radius 2 is 1.83 bits per heavy atom. The number of fused-ring (bicyclic) bond motifs is 1. The zero-order chi connectivity index (χ0) is 24.8. The van der Waals surface area contributed by atoms with Crippen molar-refractivity contribution >= 4 is 34.3 Å². The van der Waals surface area contributed by atoms with Crippen molar-refractivity contribution in [3.05, 3.63) is 89.7 Å². The second-order valence-electron chi connectivity index (χ2n) is 7.87. The van der Waals surface area contributed by atoms with E-state index in [4.69, 9.17) is 15.0 Å². The predicted octanol–water partition coefficient (Wildman–Crippen LogP) is 4.27. The third kappa shape index (κ3) is 5.31. The summed E-state index contributed by atoms with van der Waals surface area (Å²) < 4.78 is 7.08. The molecule has 8 nitrogen and oxygen atoms in total. The first-order valence-electron chi connectivity index (χ1n) is 11.2. The van der Waals surface area contributed by atoms with E-state index in [0.717, 1.165) is 17.0 Å². The second-order valence-corrected chi connectivity index (χ2v) is 7.87. The maximum atomic E-state index is 13.3. The quantitative estimate of drug-likeness (QED) is 0.389. The lowest BCUT2D eigenvalue weighted by molar-refractivity contribution is -0.141. The Morgan fingerprint density at radius 3 is 2.51 bits per heavy atom. The minimum atomic E-state index is -0.481. The summed E-state index contributed by atoms with van der Waals surface area (Å²) in [7, 11) is 1.93. The molecule has 1 amide bonds. The highest BCUT2D eigenvalue weighted by molar-refractivity contribution is 6.09. The van der Waals surface area contributed by atoms with E-state index in [1.54, 1.807) is 49.4 Å². The van der Waals surface area contributed by atoms with Gasteiger partial charge in [0.05, 0.1) is 35.8 Å². The number of amides is 1. The molecule has 35 heavy (non-hydrogen) atoms. The number of nitrogens with one attached hydrogen (secondary N) is 1. The van der Waals surface area contributed by atoms with Crippen LogP contribution < -0.4 is 10.2 Å². The van der Waals surface area contributed by atoms with Crippen LogP contribution in [0.3, 0.4) is 0 Å². The zero-order valence-electron chi connectivity index (χ0n) is 19.6. The molecule has 0 saturated carbocycles. The van der Waals surface area contributed by atoms with Gasteiger partial charge in [0, 0.05) is 24.0 Å². The van der Waals surface area contributed by atoms with Gasteiger partial charge < -0.3 is 14.6 Å². The summed E-state index contributed by atoms with van der Waals surface area (Å²) in [5.74, 6) is 0.0229. The monoisotopic (exact) mass is 467 g/mol. The Balaban J connectivity index is 1.61. The Labute approximate surface area is 203 Å². The number of anilines is 2. The first-order valence-corrected chi connectivity index (χ1v) is 11.2. The number of hydrogen-bond donors (Lipinski definition) is 1. The van der Waals surface area contributed by atoms with Gasteiger partial charge in [-0.25, -0.2) is 4.98 Å². The molecule has 1 aromatic heterocycles. The first kappa shape index (κ1) is 23.5. The number of carbonyl (C=O) groups excluding carboxylic acids is 2. The average molecular weight is 468 g/mol. The van der Waals surface area contributed by atoms with Gasteiger partial charge in [-0.2, -0.15) is 5.26 Å². The third-order valence-corrected chi connectivity index (χ3v) is 5.59. The molecule has 1 heterocycles. The van der Waals surface area contributed by atoms with Crippen LogP contribution in [0.2, 0.25) is 0 Å². The number of nitriles is 1. The summed E-state index contributed by atoms with van der Waals surface area (Å²) in [5, 5.41) is 12.3. The highest BCUT2D eigenvalue weighted by Gasteiger charge is 2.22. The molecule has 0 aliphatic carbocycles. The summed E-state index contributed by atoms with van der Waals surface area (Å²) in [4.78, 5) is 31.7. The number of aromatic nitrogens is 2. The van der Waals surface area contributed by atoms with Crippen molar-refractivity contribution in [2.75, 3.05) is 23.4 Å². The minimum absolute atomic E-state index is 0.201. The number of benzene rings is 3. The third-order valence-electron chi connectivity index (χ3n) is 5.59. The van der Waals surface area contributed by atoms with Crippen LogP contribution in [0.5, 0.6) is 0 Å². The van der Waals surface area contributed by atoms with Gasteiger partial charge in [-0.1, -0.05) is 18.2 Å². The van der Waals surface area contributed by atoms with Gasteiger partial charge in [-0.15, -0.1) is 0 Å². The highest BCUT2D eigenvalue weighted by atomic mass is 16.5. The largest absolute Gasteiger partial charge is 0.465 e. The number of hydrogen-bond acceptors (Lipinski definition) is 6. The molecule has 1 N–H and O–H groups in total. The SMILES string of the molecule is CCOC(=O)CN(C(=O)c1ccccc1)c1ccc2c(c1)nc(CNc1ccc(C#N)cc1)n2C. The van der Waals surface area contributed by atoms with Crippen LogP contribution in [0.1, 0.15) is 28.7 Å². The molecule has 0 unspecified atom stereocenters. The van der Waals surface area contributed by atoms with Crippen LogP contribution in [-0.4, -0.2) is 34.6 Å². The fourth-order valence-corrected chi connectivity index (χ4v) is 3.76. The number of carbonyl (C=O) groups is 2. The molecule has 0 aliphatic rings. The van der Waals surface area contributed by atoms with Crippen LogP contribution in [0.4, 0.5) is 11.4 Å². The van der Waals surface area contributed by atoms with Crippen LogP contribution in [0.15, 0.2) is 72.8 Å². The molecule has 0 fully saturated rings. The van der Waals surface area contributed by atoms with E-state index in [-0.39, 0.29) is 19.1 Å². The van der Waals surface area contributed by atoms with Crippen molar-refractivity contribution in [1.29, 1.82) is 5.26 Å². The van der Waals surface area contributed by atoms with Crippen molar-refractivity contribution in [3.63, 3.8) is 0 Å². The molecule has 176 valence electrons. The molecule has 4 rings (SSSR count). The lowest BCUT2D eigenvalue weighted by Gasteiger charge is -2.22. The zero-order valence-corrected chi connectivity index (χ0v) is 19.6. The molecule has 0 atom stereocenters. The normalized spacial score (nSPS) is 10.5. The van der Waals surface area contributed by atoms with E-state index in [9.17, 15) is 9.59 Å². The summed E-state index contributed by atoms with van der Waals surface area (Å²) in [5.41, 5.74) is 4.12. The number of nitrogens with zero attached hydrogens (tertiary/aromatic N) is 4. The molecular formula is C27H25N5O3. The topological polar surface area (TPSA) is 100 Å². The van der Waals surface area contributed by atoms with Gasteiger partial charge in [0.1, 0.15) is 12.4 Å². The van der Waals surface area contributed by atoms with Gasteiger partial charge in [0.25, 0.3) is 5.91 Å². The Hall–Kier alpha value is -4.64. The molecule has 0 saturated heterocycles. The number of ether oxygens (including phenoxy) is 1. The molecule has 0 aliphatic heterocycles. The fourth-order valence-electron chi connectivity index (χ4n) is 3.76. The smallest absolute Gasteiger partial charge is 0.326 e. The Bertz CT molecular complexity index is 1390. The molecule has 8 heteroatoms. The van der Waals surface area contributed by atoms with Crippen molar-refractivity contribution < 1.29 is 14.3 Å². The molecular weight excluding hydrogens is 442 g/mol. The average Bonchev–Trinajstić information content (AvgIpc) is 3.21. The summed E-state index contributed by atoms with van der Waals surface area (Å²) >= 11 is 0. The number of imidazole rings is 1. The number of aryl methyl sites for hydroxylation is 1. The molecule has 3 aromatic carbocycles. The van der Waals surface area contributed by atoms with Gasteiger partial charge in [-0.05, 0) is 61.5 Å². The van der Waals surface area contributed by atoms with Crippen molar-refractivity contribution in [2.45, 2.75) is 13.5 Å². The van der Waals surface area contributed by atoms with Crippen molar-refractivity contribution in [1.82, 2.24) is 9.55 Å². The summed E-state index contributed by atoms with van der Waals surface area (Å²) in [6, 6.07) is 23.6. The van der Waals surface area contributed by atoms with E-state index < -0.39 is 5.97 Å². The maximum absolute atomic E-state index is 13.3. The molecule has 0 bridgehead atoms. The van der Waals surface area contributed by atoms with E-state index >= 15 is 0 Å². The Kier molecular flexibility index (Phi) is 7.07. The van der Waals surface area contributed by atoms with Gasteiger partial charge >= 0.3 is 5.97 Å². The standard InChI is InChI=1S/C27H25N5O3/c1-3-35-26(33)18-32(27(34)20-7-5-4-6-8-20)22-13-14-24-23(15-22)30-25(31(24)2)17-29-21-11-9-19(16-28)10-12-21/h4-15,29H,3,17-18H2,1-2H3. The lowest BCUT2D eigenvalue weighted by atomic mass is 10.1. The first-order chi connectivity index (χ1) is 17.0. The van der Waals surface area contributed by atoms with Crippen LogP contribution in [0.25, 0.3) is 11.0 Å². The predicted molar refractivity (Wildman–Crippen MR) is 134 cm³/mol. The molecule has 4 aromatic rings. The van der Waals surface area contributed by atoms with Gasteiger partial charge in [-0.3, -0.25) is 14.5 Å². The number of rotatable bonds is 8. The van der Waals surface area contributed by atoms with E-state index in [1.165, 1.54) is 4.90 Å². The van der Waals surface area contributed by atoms with Crippen LogP contribution in [0, 0.1) is 11.3 Å². The maximum Gasteiger partial charge on any atom is 0.326 e. The van der Waals surface area contributed by atoms with Crippen LogP contribution >= 0.6 is 0 Å². The summed E-state index contributed by atoms with van der Waals surface area (Å²) in [6.07, 6.45) is 0. The molecule has 0 spiro atoms. The fraction of sp³-hybridized carbons (Fsp3) is 0.185. The number of esters is 1. The van der Waals surface area contributed by atoms with Crippen molar-refractivity contribution in [2.24, 2.45) is 7.05 Å². The van der Waals surface area contributed by atoms with E-state index in [1.807, 2.05) is 41.9 Å². The lowest BCUT2D eigenvalue weighted by Crippen LogP contribution is -2.36. The minimum Gasteiger partial charge on any atom is -0.465 e.